The first-order chi connectivity index (χ1) is 9.71. The van der Waals surface area contributed by atoms with Gasteiger partial charge in [0.2, 0.25) is 0 Å². The van der Waals surface area contributed by atoms with Crippen molar-refractivity contribution < 1.29 is 4.74 Å². The van der Waals surface area contributed by atoms with E-state index in [9.17, 15) is 0 Å². The third kappa shape index (κ3) is 3.27. The molecule has 3 nitrogen and oxygen atoms in total. The molecule has 0 aliphatic heterocycles. The average Bonchev–Trinajstić information content (AvgIpc) is 2.49. The van der Waals surface area contributed by atoms with Crippen molar-refractivity contribution in [3.8, 4) is 5.75 Å². The molecular weight excluding hydrogens is 272 g/mol. The van der Waals surface area contributed by atoms with Gasteiger partial charge in [-0.2, -0.15) is 0 Å². The minimum Gasteiger partial charge on any atom is -0.496 e. The van der Waals surface area contributed by atoms with E-state index in [1.807, 2.05) is 18.2 Å². The zero-order valence-electron chi connectivity index (χ0n) is 12.4. The van der Waals surface area contributed by atoms with Crippen molar-refractivity contribution in [1.29, 1.82) is 0 Å². The van der Waals surface area contributed by atoms with Gasteiger partial charge in [-0.1, -0.05) is 50.3 Å². The standard InChI is InChI=1S/C16H25ClN2O/c1-3-11-6-4-5-7-13(11)16(19-18)14-9-8-12(17)10-15(14)20-2/h8-11,13,16,19H,3-7,18H2,1-2H3. The van der Waals surface area contributed by atoms with Crippen molar-refractivity contribution in [2.75, 3.05) is 7.11 Å². The molecule has 3 atom stereocenters. The Morgan fingerprint density at radius 1 is 1.40 bits per heavy atom. The zero-order chi connectivity index (χ0) is 14.5. The van der Waals surface area contributed by atoms with Crippen LogP contribution in [0.1, 0.15) is 50.6 Å². The van der Waals surface area contributed by atoms with Crippen molar-refractivity contribution in [3.05, 3.63) is 28.8 Å². The number of nitrogens with two attached hydrogens (primary N) is 1. The normalized spacial score (nSPS) is 24.4. The molecule has 0 heterocycles. The molecule has 0 amide bonds. The highest BCUT2D eigenvalue weighted by Gasteiger charge is 2.32. The summed E-state index contributed by atoms with van der Waals surface area (Å²) in [5.41, 5.74) is 4.14. The van der Waals surface area contributed by atoms with Crippen molar-refractivity contribution >= 4 is 11.6 Å². The number of rotatable bonds is 5. The lowest BCUT2D eigenvalue weighted by Gasteiger charge is -2.37. The second-order valence-electron chi connectivity index (χ2n) is 5.65. The van der Waals surface area contributed by atoms with E-state index in [0.29, 0.717) is 10.9 Å². The number of ether oxygens (including phenoxy) is 1. The summed E-state index contributed by atoms with van der Waals surface area (Å²) in [5, 5.41) is 0.692. The van der Waals surface area contributed by atoms with Crippen LogP contribution in [0.25, 0.3) is 0 Å². The van der Waals surface area contributed by atoms with E-state index >= 15 is 0 Å². The first-order valence-electron chi connectivity index (χ1n) is 7.50. The molecule has 0 radical (unpaired) electrons. The monoisotopic (exact) mass is 296 g/mol. The molecule has 20 heavy (non-hydrogen) atoms. The summed E-state index contributed by atoms with van der Waals surface area (Å²) in [6.45, 7) is 2.27. The van der Waals surface area contributed by atoms with Crippen molar-refractivity contribution in [3.63, 3.8) is 0 Å². The average molecular weight is 297 g/mol. The number of methoxy groups -OCH3 is 1. The number of hydrogen-bond acceptors (Lipinski definition) is 3. The van der Waals surface area contributed by atoms with Gasteiger partial charge < -0.3 is 4.74 Å². The smallest absolute Gasteiger partial charge is 0.125 e. The fraction of sp³-hybridized carbons (Fsp3) is 0.625. The van der Waals surface area contributed by atoms with Gasteiger partial charge in [0.05, 0.1) is 13.2 Å². The van der Waals surface area contributed by atoms with E-state index in [2.05, 4.69) is 12.3 Å². The number of benzene rings is 1. The molecule has 0 aromatic heterocycles. The molecule has 2 rings (SSSR count). The largest absolute Gasteiger partial charge is 0.496 e. The fourth-order valence-electron chi connectivity index (χ4n) is 3.57. The molecule has 1 aromatic rings. The molecule has 3 unspecified atom stereocenters. The third-order valence-electron chi connectivity index (χ3n) is 4.63. The zero-order valence-corrected chi connectivity index (χ0v) is 13.1. The molecule has 4 heteroatoms. The van der Waals surface area contributed by atoms with Gasteiger partial charge in [-0.15, -0.1) is 0 Å². The molecule has 0 saturated heterocycles. The maximum absolute atomic E-state index is 6.05. The summed E-state index contributed by atoms with van der Waals surface area (Å²) < 4.78 is 5.49. The van der Waals surface area contributed by atoms with Crippen LogP contribution in [-0.4, -0.2) is 7.11 Å². The Labute approximate surface area is 126 Å². The Balaban J connectivity index is 2.31. The molecular formula is C16H25ClN2O. The van der Waals surface area contributed by atoms with Gasteiger partial charge in [0, 0.05) is 10.6 Å². The minimum atomic E-state index is 0.132. The highest BCUT2D eigenvalue weighted by Crippen LogP contribution is 2.42. The van der Waals surface area contributed by atoms with Crippen LogP contribution in [-0.2, 0) is 0 Å². The van der Waals surface area contributed by atoms with E-state index in [0.717, 1.165) is 17.2 Å². The van der Waals surface area contributed by atoms with Crippen LogP contribution in [0.5, 0.6) is 5.75 Å². The van der Waals surface area contributed by atoms with Gasteiger partial charge in [0.1, 0.15) is 5.75 Å². The second kappa shape index (κ2) is 7.30. The van der Waals surface area contributed by atoms with Crippen LogP contribution in [0.3, 0.4) is 0 Å². The Morgan fingerprint density at radius 2 is 2.15 bits per heavy atom. The molecule has 0 bridgehead atoms. The first-order valence-corrected chi connectivity index (χ1v) is 7.88. The van der Waals surface area contributed by atoms with E-state index in [1.54, 1.807) is 7.11 Å². The highest BCUT2D eigenvalue weighted by molar-refractivity contribution is 6.30. The lowest BCUT2D eigenvalue weighted by Crippen LogP contribution is -2.38. The molecule has 0 spiro atoms. The minimum absolute atomic E-state index is 0.132. The molecule has 1 saturated carbocycles. The summed E-state index contributed by atoms with van der Waals surface area (Å²) >= 11 is 6.05. The van der Waals surface area contributed by atoms with E-state index < -0.39 is 0 Å². The van der Waals surface area contributed by atoms with Gasteiger partial charge in [0.15, 0.2) is 0 Å². The van der Waals surface area contributed by atoms with Crippen LogP contribution in [0.15, 0.2) is 18.2 Å². The van der Waals surface area contributed by atoms with Crippen LogP contribution < -0.4 is 16.0 Å². The van der Waals surface area contributed by atoms with Gasteiger partial charge in [-0.25, -0.2) is 0 Å². The molecule has 112 valence electrons. The molecule has 1 aliphatic rings. The second-order valence-corrected chi connectivity index (χ2v) is 6.08. The number of nitrogens with one attached hydrogen (secondary N) is 1. The Bertz CT molecular complexity index is 438. The fourth-order valence-corrected chi connectivity index (χ4v) is 3.73. The van der Waals surface area contributed by atoms with Gasteiger partial charge in [0.25, 0.3) is 0 Å². The quantitative estimate of drug-likeness (QED) is 0.636. The molecule has 1 fully saturated rings. The number of hydrazine groups is 1. The topological polar surface area (TPSA) is 47.3 Å². The Kier molecular flexibility index (Phi) is 5.70. The molecule has 1 aromatic carbocycles. The number of halogens is 1. The number of hydrogen-bond donors (Lipinski definition) is 2. The highest BCUT2D eigenvalue weighted by atomic mass is 35.5. The van der Waals surface area contributed by atoms with Crippen molar-refractivity contribution in [1.82, 2.24) is 5.43 Å². The van der Waals surface area contributed by atoms with Crippen LogP contribution in [0.4, 0.5) is 0 Å². The van der Waals surface area contributed by atoms with Crippen LogP contribution in [0, 0.1) is 11.8 Å². The maximum Gasteiger partial charge on any atom is 0.125 e. The summed E-state index contributed by atoms with van der Waals surface area (Å²) in [6, 6.07) is 5.94. The SMILES string of the molecule is CCC1CCCCC1C(NN)c1ccc(Cl)cc1OC. The third-order valence-corrected chi connectivity index (χ3v) is 4.87. The summed E-state index contributed by atoms with van der Waals surface area (Å²) in [7, 11) is 1.68. The summed E-state index contributed by atoms with van der Waals surface area (Å²) in [6.07, 6.45) is 6.35. The maximum atomic E-state index is 6.05. The lowest BCUT2D eigenvalue weighted by molar-refractivity contribution is 0.174. The predicted molar refractivity (Wildman–Crippen MR) is 83.8 cm³/mol. The van der Waals surface area contributed by atoms with Crippen molar-refractivity contribution in [2.45, 2.75) is 45.1 Å². The van der Waals surface area contributed by atoms with E-state index in [-0.39, 0.29) is 6.04 Å². The van der Waals surface area contributed by atoms with Crippen LogP contribution in [0.2, 0.25) is 5.02 Å². The summed E-state index contributed by atoms with van der Waals surface area (Å²) in [4.78, 5) is 0. The predicted octanol–water partition coefficient (Wildman–Crippen LogP) is 4.07. The van der Waals surface area contributed by atoms with Crippen LogP contribution >= 0.6 is 11.6 Å². The van der Waals surface area contributed by atoms with Gasteiger partial charge in [-0.3, -0.25) is 11.3 Å². The van der Waals surface area contributed by atoms with Gasteiger partial charge in [-0.05, 0) is 30.4 Å². The van der Waals surface area contributed by atoms with E-state index in [1.165, 1.54) is 32.1 Å². The lowest BCUT2D eigenvalue weighted by atomic mass is 9.72. The Hall–Kier alpha value is -0.770. The first kappa shape index (κ1) is 15.6. The summed E-state index contributed by atoms with van der Waals surface area (Å²) in [5.74, 6) is 7.99. The van der Waals surface area contributed by atoms with Crippen molar-refractivity contribution in [2.24, 2.45) is 17.7 Å². The Morgan fingerprint density at radius 3 is 2.80 bits per heavy atom. The van der Waals surface area contributed by atoms with Gasteiger partial charge >= 0.3 is 0 Å². The van der Waals surface area contributed by atoms with E-state index in [4.69, 9.17) is 22.2 Å². The molecule has 1 aliphatic carbocycles. The molecule has 3 N–H and O–H groups in total.